The van der Waals surface area contributed by atoms with Gasteiger partial charge in [-0.2, -0.15) is 0 Å². The van der Waals surface area contributed by atoms with E-state index in [2.05, 4.69) is 12.2 Å². The Morgan fingerprint density at radius 3 is 2.74 bits per heavy atom. The molecular weight excluding hydrogens is 342 g/mol. The smallest absolute Gasteiger partial charge is 0.412 e. The average Bonchev–Trinajstić information content (AvgIpc) is 2.88. The van der Waals surface area contributed by atoms with E-state index >= 15 is 0 Å². The van der Waals surface area contributed by atoms with Crippen molar-refractivity contribution in [3.05, 3.63) is 47.5 Å². The lowest BCUT2D eigenvalue weighted by Gasteiger charge is -2.35. The number of nitrogens with zero attached hydrogens (tertiary/aromatic N) is 1. The van der Waals surface area contributed by atoms with Crippen molar-refractivity contribution in [3.63, 3.8) is 0 Å². The summed E-state index contributed by atoms with van der Waals surface area (Å²) in [7, 11) is 0. The molecule has 0 saturated carbocycles. The van der Waals surface area contributed by atoms with Crippen LogP contribution < -0.4 is 0 Å². The molecule has 0 bridgehead atoms. The van der Waals surface area contributed by atoms with Crippen LogP contribution in [0.15, 0.2) is 36.4 Å². The van der Waals surface area contributed by atoms with Gasteiger partial charge in [-0.05, 0) is 65.5 Å². The Morgan fingerprint density at radius 2 is 2.07 bits per heavy atom. The monoisotopic (exact) mass is 373 g/mol. The SMILES string of the molecule is CC(C)(C)OC(=O)N1[C@@H](CC/C=C/Cc2cccc(C=O)c2)COC1(C)C. The molecule has 0 spiro atoms. The van der Waals surface area contributed by atoms with Gasteiger partial charge >= 0.3 is 6.09 Å². The third kappa shape index (κ3) is 6.21. The molecule has 0 radical (unpaired) electrons. The third-order valence-electron chi connectivity index (χ3n) is 4.44. The number of carbonyl (C=O) groups is 2. The van der Waals surface area contributed by atoms with Crippen LogP contribution in [-0.4, -0.2) is 41.3 Å². The molecule has 1 aromatic carbocycles. The largest absolute Gasteiger partial charge is 0.444 e. The van der Waals surface area contributed by atoms with Gasteiger partial charge in [0.1, 0.15) is 17.6 Å². The number of carbonyl (C=O) groups excluding carboxylic acids is 2. The van der Waals surface area contributed by atoms with Gasteiger partial charge in [0.25, 0.3) is 0 Å². The first kappa shape index (κ1) is 21.2. The molecule has 5 nitrogen and oxygen atoms in total. The Morgan fingerprint density at radius 1 is 1.33 bits per heavy atom. The molecule has 1 aliphatic rings. The molecule has 27 heavy (non-hydrogen) atoms. The zero-order chi connectivity index (χ0) is 20.1. The van der Waals surface area contributed by atoms with Crippen molar-refractivity contribution < 1.29 is 19.1 Å². The minimum Gasteiger partial charge on any atom is -0.444 e. The van der Waals surface area contributed by atoms with Gasteiger partial charge in [0.05, 0.1) is 12.6 Å². The fourth-order valence-electron chi connectivity index (χ4n) is 3.20. The average molecular weight is 373 g/mol. The first-order valence-electron chi connectivity index (χ1n) is 9.48. The topological polar surface area (TPSA) is 55.8 Å². The van der Waals surface area contributed by atoms with Crippen molar-refractivity contribution >= 4 is 12.4 Å². The van der Waals surface area contributed by atoms with Gasteiger partial charge in [0, 0.05) is 5.56 Å². The Balaban J connectivity index is 1.89. The van der Waals surface area contributed by atoms with E-state index in [1.54, 1.807) is 11.0 Å². The quantitative estimate of drug-likeness (QED) is 0.533. The molecule has 0 unspecified atom stereocenters. The van der Waals surface area contributed by atoms with Gasteiger partial charge in [-0.15, -0.1) is 0 Å². The highest BCUT2D eigenvalue weighted by Crippen LogP contribution is 2.31. The summed E-state index contributed by atoms with van der Waals surface area (Å²) in [5, 5.41) is 0. The maximum atomic E-state index is 12.6. The van der Waals surface area contributed by atoms with Crippen LogP contribution in [0.3, 0.4) is 0 Å². The lowest BCUT2D eigenvalue weighted by atomic mass is 10.1. The summed E-state index contributed by atoms with van der Waals surface area (Å²) >= 11 is 0. The maximum absolute atomic E-state index is 12.6. The van der Waals surface area contributed by atoms with Gasteiger partial charge in [0.2, 0.25) is 0 Å². The fourth-order valence-corrected chi connectivity index (χ4v) is 3.20. The molecular formula is C22H31NO4. The molecule has 0 aromatic heterocycles. The summed E-state index contributed by atoms with van der Waals surface area (Å²) in [5.41, 5.74) is 0.609. The first-order valence-corrected chi connectivity index (χ1v) is 9.48. The van der Waals surface area contributed by atoms with Crippen molar-refractivity contribution in [3.8, 4) is 0 Å². The van der Waals surface area contributed by atoms with Crippen LogP contribution in [0.2, 0.25) is 0 Å². The predicted octanol–water partition coefficient (Wildman–Crippen LogP) is 4.75. The number of allylic oxidation sites excluding steroid dienone is 2. The number of benzene rings is 1. The summed E-state index contributed by atoms with van der Waals surface area (Å²) in [6.07, 6.45) is 7.19. The van der Waals surface area contributed by atoms with E-state index in [9.17, 15) is 9.59 Å². The molecule has 1 heterocycles. The normalized spacial score (nSPS) is 19.4. The zero-order valence-corrected chi connectivity index (χ0v) is 17.0. The number of aldehydes is 1. The molecule has 1 atom stereocenters. The van der Waals surface area contributed by atoms with Crippen molar-refractivity contribution in [2.75, 3.05) is 6.61 Å². The first-order chi connectivity index (χ1) is 12.6. The Hall–Kier alpha value is -2.14. The summed E-state index contributed by atoms with van der Waals surface area (Å²) in [5.74, 6) is 0. The van der Waals surface area contributed by atoms with E-state index in [4.69, 9.17) is 9.47 Å². The van der Waals surface area contributed by atoms with Crippen molar-refractivity contribution in [1.29, 1.82) is 0 Å². The van der Waals surface area contributed by atoms with E-state index in [1.165, 1.54) is 0 Å². The summed E-state index contributed by atoms with van der Waals surface area (Å²) < 4.78 is 11.4. The van der Waals surface area contributed by atoms with Crippen LogP contribution in [0.5, 0.6) is 0 Å². The van der Waals surface area contributed by atoms with Crippen LogP contribution >= 0.6 is 0 Å². The molecule has 0 aliphatic carbocycles. The highest BCUT2D eigenvalue weighted by atomic mass is 16.6. The van der Waals surface area contributed by atoms with E-state index in [0.29, 0.717) is 12.2 Å². The van der Waals surface area contributed by atoms with Crippen LogP contribution in [0, 0.1) is 0 Å². The van der Waals surface area contributed by atoms with E-state index in [-0.39, 0.29) is 12.1 Å². The number of rotatable bonds is 6. The van der Waals surface area contributed by atoms with Crippen LogP contribution in [0.1, 0.15) is 63.4 Å². The fraction of sp³-hybridized carbons (Fsp3) is 0.545. The second-order valence-corrected chi connectivity index (χ2v) is 8.38. The minimum absolute atomic E-state index is 0.00195. The predicted molar refractivity (Wildman–Crippen MR) is 106 cm³/mol. The van der Waals surface area contributed by atoms with Crippen molar-refractivity contribution in [2.24, 2.45) is 0 Å². The molecule has 1 fully saturated rings. The Kier molecular flexibility index (Phi) is 6.82. The van der Waals surface area contributed by atoms with Crippen molar-refractivity contribution in [2.45, 2.75) is 71.2 Å². The van der Waals surface area contributed by atoms with Crippen LogP contribution in [0.4, 0.5) is 4.79 Å². The lowest BCUT2D eigenvalue weighted by Crippen LogP contribution is -2.49. The second kappa shape index (κ2) is 8.70. The molecule has 1 aliphatic heterocycles. The summed E-state index contributed by atoms with van der Waals surface area (Å²) in [6.45, 7) is 9.91. The van der Waals surface area contributed by atoms with Gasteiger partial charge < -0.3 is 9.47 Å². The molecule has 0 N–H and O–H groups in total. The molecule has 1 amide bonds. The van der Waals surface area contributed by atoms with E-state index in [1.807, 2.05) is 52.8 Å². The van der Waals surface area contributed by atoms with Gasteiger partial charge in [-0.3, -0.25) is 9.69 Å². The second-order valence-electron chi connectivity index (χ2n) is 8.38. The van der Waals surface area contributed by atoms with E-state index < -0.39 is 11.3 Å². The number of hydrogen-bond donors (Lipinski definition) is 0. The molecule has 1 saturated heterocycles. The lowest BCUT2D eigenvalue weighted by molar-refractivity contribution is -0.0626. The molecule has 2 rings (SSSR count). The highest BCUT2D eigenvalue weighted by molar-refractivity contribution is 5.74. The third-order valence-corrected chi connectivity index (χ3v) is 4.44. The number of hydrogen-bond acceptors (Lipinski definition) is 4. The Labute approximate surface area is 162 Å². The zero-order valence-electron chi connectivity index (χ0n) is 17.0. The maximum Gasteiger partial charge on any atom is 0.412 e. The summed E-state index contributed by atoms with van der Waals surface area (Å²) in [4.78, 5) is 25.2. The van der Waals surface area contributed by atoms with Crippen LogP contribution in [-0.2, 0) is 15.9 Å². The van der Waals surface area contributed by atoms with Gasteiger partial charge in [-0.1, -0.05) is 30.4 Å². The number of ether oxygens (including phenoxy) is 2. The van der Waals surface area contributed by atoms with Gasteiger partial charge in [-0.25, -0.2) is 4.79 Å². The molecule has 1 aromatic rings. The van der Waals surface area contributed by atoms with Crippen LogP contribution in [0.25, 0.3) is 0 Å². The van der Waals surface area contributed by atoms with Crippen molar-refractivity contribution in [1.82, 2.24) is 4.90 Å². The Bertz CT molecular complexity index is 688. The number of amides is 1. The minimum atomic E-state index is -0.661. The van der Waals surface area contributed by atoms with E-state index in [0.717, 1.165) is 31.1 Å². The highest BCUT2D eigenvalue weighted by Gasteiger charge is 2.45. The molecule has 5 heteroatoms. The summed E-state index contributed by atoms with van der Waals surface area (Å²) in [6, 6.07) is 7.60. The van der Waals surface area contributed by atoms with Gasteiger partial charge in [0.15, 0.2) is 0 Å². The standard InChI is InChI=1S/C22H31NO4/c1-21(2,3)27-20(25)23-19(16-26-22(23,4)5)13-8-6-7-10-17-11-9-12-18(14-17)15-24/h6-7,9,11-12,14-15,19H,8,10,13,16H2,1-5H3/b7-6+/t19-/m0/s1. The molecule has 148 valence electrons.